The number of rotatable bonds is 8. The van der Waals surface area contributed by atoms with Crippen LogP contribution in [-0.4, -0.2) is 26.9 Å². The van der Waals surface area contributed by atoms with Crippen molar-refractivity contribution in [3.8, 4) is 11.4 Å². The number of ether oxygens (including phenoxy) is 1. The Balaban J connectivity index is 1.80. The first kappa shape index (κ1) is 26.2. The number of hydrogen-bond acceptors (Lipinski definition) is 4. The summed E-state index contributed by atoms with van der Waals surface area (Å²) in [5, 5.41) is 8.94. The van der Waals surface area contributed by atoms with Crippen molar-refractivity contribution in [1.29, 1.82) is 5.41 Å². The molecule has 1 unspecified atom stereocenters. The van der Waals surface area contributed by atoms with E-state index in [1.165, 1.54) is 23.9 Å². The van der Waals surface area contributed by atoms with Gasteiger partial charge in [-0.1, -0.05) is 31.0 Å². The molecule has 4 aromatic rings. The third-order valence-electron chi connectivity index (χ3n) is 6.03. The van der Waals surface area contributed by atoms with Crippen molar-refractivity contribution < 1.29 is 17.9 Å². The molecule has 2 heterocycles. The number of nitrogens with zero attached hydrogens (tertiary/aromatic N) is 3. The molecule has 0 aliphatic heterocycles. The van der Waals surface area contributed by atoms with Gasteiger partial charge in [-0.2, -0.15) is 0 Å². The highest BCUT2D eigenvalue weighted by Gasteiger charge is 2.23. The average molecular weight is 529 g/mol. The van der Waals surface area contributed by atoms with Crippen LogP contribution in [0.3, 0.4) is 0 Å². The highest BCUT2D eigenvalue weighted by molar-refractivity contribution is 6.31. The van der Waals surface area contributed by atoms with Crippen LogP contribution in [0.15, 0.2) is 59.9 Å². The van der Waals surface area contributed by atoms with Crippen LogP contribution in [0.1, 0.15) is 48.2 Å². The number of imidazole rings is 1. The third-order valence-corrected chi connectivity index (χ3v) is 6.23. The minimum Gasteiger partial charge on any atom is -0.495 e. The molecular formula is C27H24ClF3N4O2. The lowest BCUT2D eigenvalue weighted by Gasteiger charge is -2.22. The molecule has 0 spiro atoms. The Morgan fingerprint density at radius 3 is 2.43 bits per heavy atom. The topological polar surface area (TPSA) is 72.9 Å². The summed E-state index contributed by atoms with van der Waals surface area (Å²) in [7, 11) is 1.50. The largest absolute Gasteiger partial charge is 0.495 e. The molecule has 0 amide bonds. The molecule has 0 saturated carbocycles. The molecule has 2 aromatic carbocycles. The number of aryl methyl sites for hydroxylation is 1. The van der Waals surface area contributed by atoms with E-state index in [9.17, 15) is 18.0 Å². The average Bonchev–Trinajstić information content (AvgIpc) is 3.32. The lowest BCUT2D eigenvalue weighted by atomic mass is 9.99. The van der Waals surface area contributed by atoms with Gasteiger partial charge in [-0.15, -0.1) is 0 Å². The maximum absolute atomic E-state index is 14.0. The second-order valence-corrected chi connectivity index (χ2v) is 9.01. The van der Waals surface area contributed by atoms with Gasteiger partial charge in [0.25, 0.3) is 5.56 Å². The summed E-state index contributed by atoms with van der Waals surface area (Å²) >= 11 is 6.34. The first-order valence-corrected chi connectivity index (χ1v) is 11.9. The maximum atomic E-state index is 14.0. The van der Waals surface area contributed by atoms with Crippen molar-refractivity contribution in [3.05, 3.63) is 110 Å². The van der Waals surface area contributed by atoms with Gasteiger partial charge in [-0.25, -0.2) is 18.2 Å². The summed E-state index contributed by atoms with van der Waals surface area (Å²) in [6.07, 6.45) is 5.70. The Bertz CT molecular complexity index is 1520. The highest BCUT2D eigenvalue weighted by atomic mass is 35.5. The molecule has 1 atom stereocenters. The minimum absolute atomic E-state index is 0.00932. The van der Waals surface area contributed by atoms with Crippen LogP contribution in [0.4, 0.5) is 13.2 Å². The molecule has 1 N–H and O–H groups in total. The van der Waals surface area contributed by atoms with Crippen LogP contribution in [-0.2, 0) is 0 Å². The van der Waals surface area contributed by atoms with Crippen LogP contribution < -0.4 is 10.3 Å². The lowest BCUT2D eigenvalue weighted by molar-refractivity contribution is 0.413. The molecule has 0 radical (unpaired) electrons. The van der Waals surface area contributed by atoms with E-state index in [-0.39, 0.29) is 21.9 Å². The van der Waals surface area contributed by atoms with Crippen LogP contribution in [0.25, 0.3) is 5.69 Å². The van der Waals surface area contributed by atoms with Crippen LogP contribution in [0, 0.1) is 29.8 Å². The van der Waals surface area contributed by atoms with E-state index >= 15 is 0 Å². The lowest BCUT2D eigenvalue weighted by Crippen LogP contribution is -2.30. The predicted molar refractivity (Wildman–Crippen MR) is 136 cm³/mol. The monoisotopic (exact) mass is 528 g/mol. The number of pyridine rings is 1. The van der Waals surface area contributed by atoms with Gasteiger partial charge >= 0.3 is 0 Å². The zero-order chi connectivity index (χ0) is 26.9. The fraction of sp³-hybridized carbons (Fsp3) is 0.222. The van der Waals surface area contributed by atoms with Gasteiger partial charge < -0.3 is 13.9 Å². The molecule has 2 aromatic heterocycles. The Kier molecular flexibility index (Phi) is 7.54. The number of hydrogen-bond donors (Lipinski definition) is 1. The normalized spacial score (nSPS) is 12.0. The van der Waals surface area contributed by atoms with E-state index < -0.39 is 29.1 Å². The molecule has 4 rings (SSSR count). The van der Waals surface area contributed by atoms with Gasteiger partial charge in [-0.3, -0.25) is 10.2 Å². The first-order valence-electron chi connectivity index (χ1n) is 11.5. The molecular weight excluding hydrogens is 505 g/mol. The van der Waals surface area contributed by atoms with Crippen molar-refractivity contribution in [2.45, 2.75) is 32.7 Å². The summed E-state index contributed by atoms with van der Waals surface area (Å²) < 4.78 is 50.1. The molecule has 10 heteroatoms. The van der Waals surface area contributed by atoms with Gasteiger partial charge in [0.05, 0.1) is 47.2 Å². The van der Waals surface area contributed by atoms with Crippen molar-refractivity contribution >= 4 is 17.3 Å². The zero-order valence-electron chi connectivity index (χ0n) is 20.4. The Morgan fingerprint density at radius 2 is 1.84 bits per heavy atom. The minimum atomic E-state index is -1.58. The Labute approximate surface area is 216 Å². The van der Waals surface area contributed by atoms with E-state index in [0.29, 0.717) is 29.8 Å². The number of methoxy groups -OCH3 is 1. The molecule has 0 aliphatic rings. The molecule has 0 bridgehead atoms. The van der Waals surface area contributed by atoms with Crippen LogP contribution in [0.2, 0.25) is 5.02 Å². The number of nitrogens with one attached hydrogen (secondary N) is 1. The number of halogens is 4. The molecule has 0 saturated heterocycles. The molecule has 0 fully saturated rings. The predicted octanol–water partition coefficient (Wildman–Crippen LogP) is 6.23. The zero-order valence-corrected chi connectivity index (χ0v) is 21.1. The molecule has 37 heavy (non-hydrogen) atoms. The summed E-state index contributed by atoms with van der Waals surface area (Å²) in [5.74, 6) is -3.81. The number of aromatic nitrogens is 3. The Morgan fingerprint density at radius 1 is 1.14 bits per heavy atom. The number of benzene rings is 2. The summed E-state index contributed by atoms with van der Waals surface area (Å²) in [5.41, 5.74) is 1.30. The highest BCUT2D eigenvalue weighted by Crippen LogP contribution is 2.28. The van der Waals surface area contributed by atoms with E-state index in [2.05, 4.69) is 4.98 Å². The van der Waals surface area contributed by atoms with Gasteiger partial charge in [0.2, 0.25) is 0 Å². The van der Waals surface area contributed by atoms with Crippen LogP contribution in [0.5, 0.6) is 5.75 Å². The fourth-order valence-corrected chi connectivity index (χ4v) is 4.45. The fourth-order valence-electron chi connectivity index (χ4n) is 4.24. The van der Waals surface area contributed by atoms with Crippen molar-refractivity contribution in [2.75, 3.05) is 7.11 Å². The van der Waals surface area contributed by atoms with Gasteiger partial charge in [0.1, 0.15) is 5.75 Å². The van der Waals surface area contributed by atoms with E-state index in [4.69, 9.17) is 21.7 Å². The van der Waals surface area contributed by atoms with E-state index in [0.717, 1.165) is 17.8 Å². The van der Waals surface area contributed by atoms with E-state index in [1.807, 2.05) is 20.0 Å². The molecule has 0 aliphatic carbocycles. The van der Waals surface area contributed by atoms with Crippen molar-refractivity contribution in [1.82, 2.24) is 14.1 Å². The van der Waals surface area contributed by atoms with E-state index in [1.54, 1.807) is 29.1 Å². The van der Waals surface area contributed by atoms with Crippen molar-refractivity contribution in [3.63, 3.8) is 0 Å². The van der Waals surface area contributed by atoms with Gasteiger partial charge in [-0.05, 0) is 49.2 Å². The Hall–Kier alpha value is -3.85. The quantitative estimate of drug-likeness (QED) is 0.218. The summed E-state index contributed by atoms with van der Waals surface area (Å²) in [6.45, 7) is 3.70. The maximum Gasteiger partial charge on any atom is 0.260 e. The second-order valence-electron chi connectivity index (χ2n) is 8.57. The summed E-state index contributed by atoms with van der Waals surface area (Å²) in [6, 6.07) is 7.35. The van der Waals surface area contributed by atoms with Crippen LogP contribution >= 0.6 is 11.6 Å². The van der Waals surface area contributed by atoms with Gasteiger partial charge in [0, 0.05) is 18.0 Å². The molecule has 6 nitrogen and oxygen atoms in total. The van der Waals surface area contributed by atoms with Crippen molar-refractivity contribution in [2.24, 2.45) is 0 Å². The first-order chi connectivity index (χ1) is 17.6. The summed E-state index contributed by atoms with van der Waals surface area (Å²) in [4.78, 5) is 17.8. The SMILES string of the molecule is CCCC(c1cc(F)c(F)c(F)c1)n1cc(Cl)cc(C(=N)c2ccc(-n3cnc(C)c3)c(OC)c2)c1=O. The third kappa shape index (κ3) is 5.17. The molecule has 192 valence electrons. The standard InChI is InChI=1S/C27H24ClF3N4O2/c1-4-5-22(17-8-20(29)25(31)21(30)9-17)35-13-18(28)11-19(27(35)36)26(32)16-6-7-23(24(10-16)37-3)34-12-15(2)33-14-34/h6-14,22,32H,4-5H2,1-3H3. The second kappa shape index (κ2) is 10.6. The smallest absolute Gasteiger partial charge is 0.260 e. The van der Waals surface area contributed by atoms with Gasteiger partial charge in [0.15, 0.2) is 17.5 Å².